The fourth-order valence-electron chi connectivity index (χ4n) is 2.26. The maximum atomic E-state index is 4.48. The third-order valence-electron chi connectivity index (χ3n) is 3.26. The number of rotatable bonds is 4. The van der Waals surface area contributed by atoms with Crippen molar-refractivity contribution < 1.29 is 0 Å². The van der Waals surface area contributed by atoms with E-state index in [1.807, 2.05) is 19.2 Å². The van der Waals surface area contributed by atoms with E-state index in [-0.39, 0.29) is 0 Å². The summed E-state index contributed by atoms with van der Waals surface area (Å²) in [6.45, 7) is 5.03. The zero-order chi connectivity index (χ0) is 13.9. The van der Waals surface area contributed by atoms with E-state index in [4.69, 9.17) is 0 Å². The summed E-state index contributed by atoms with van der Waals surface area (Å²) in [5, 5.41) is 7.94. The lowest BCUT2D eigenvalue weighted by molar-refractivity contribution is 0.969. The van der Waals surface area contributed by atoms with Crippen LogP contribution in [0.2, 0.25) is 0 Å². The van der Waals surface area contributed by atoms with Crippen LogP contribution in [0.25, 0.3) is 10.9 Å². The Bertz CT molecular complexity index is 733. The Labute approximate surface area is 122 Å². The molecule has 0 fully saturated rings. The molecule has 3 aromatic rings. The second-order valence-corrected chi connectivity index (χ2v) is 5.98. The lowest BCUT2D eigenvalue weighted by Gasteiger charge is -2.09. The summed E-state index contributed by atoms with van der Waals surface area (Å²) in [6, 6.07) is 8.38. The van der Waals surface area contributed by atoms with Crippen molar-refractivity contribution in [1.82, 2.24) is 9.97 Å². The van der Waals surface area contributed by atoms with Crippen molar-refractivity contribution in [3.05, 3.63) is 52.1 Å². The zero-order valence-corrected chi connectivity index (χ0v) is 12.5. The van der Waals surface area contributed by atoms with Crippen molar-refractivity contribution in [1.29, 1.82) is 0 Å². The quantitative estimate of drug-likeness (QED) is 0.787. The smallest absolute Gasteiger partial charge is 0.0897 e. The van der Waals surface area contributed by atoms with Gasteiger partial charge < -0.3 is 5.32 Å². The standard InChI is InChI=1S/C16H17N3S/c1-11-3-4-15-14(9-11)16(6-8-18-15)17-7-5-13-10-20-12(2)19-13/h3-4,6,8-10H,5,7H2,1-2H3,(H,17,18). The Kier molecular flexibility index (Phi) is 3.65. The number of anilines is 1. The molecule has 2 aromatic heterocycles. The van der Waals surface area contributed by atoms with E-state index in [0.29, 0.717) is 0 Å². The van der Waals surface area contributed by atoms with Crippen LogP contribution in [0.4, 0.5) is 5.69 Å². The molecule has 0 saturated carbocycles. The topological polar surface area (TPSA) is 37.8 Å². The predicted molar refractivity (Wildman–Crippen MR) is 85.5 cm³/mol. The van der Waals surface area contributed by atoms with Gasteiger partial charge in [-0.15, -0.1) is 11.3 Å². The molecule has 20 heavy (non-hydrogen) atoms. The second kappa shape index (κ2) is 5.59. The Morgan fingerprint density at radius 3 is 2.90 bits per heavy atom. The number of pyridine rings is 1. The molecule has 0 spiro atoms. The summed E-state index contributed by atoms with van der Waals surface area (Å²) < 4.78 is 0. The summed E-state index contributed by atoms with van der Waals surface area (Å²) in [5.74, 6) is 0. The number of hydrogen-bond acceptors (Lipinski definition) is 4. The number of thiazole rings is 1. The molecule has 0 amide bonds. The van der Waals surface area contributed by atoms with E-state index < -0.39 is 0 Å². The van der Waals surface area contributed by atoms with Crippen molar-refractivity contribution in [2.24, 2.45) is 0 Å². The first-order chi connectivity index (χ1) is 9.72. The molecule has 0 aliphatic heterocycles. The first-order valence-corrected chi connectivity index (χ1v) is 7.60. The van der Waals surface area contributed by atoms with E-state index in [1.165, 1.54) is 10.9 Å². The summed E-state index contributed by atoms with van der Waals surface area (Å²) >= 11 is 1.71. The van der Waals surface area contributed by atoms with Crippen LogP contribution in [0.15, 0.2) is 35.8 Å². The van der Waals surface area contributed by atoms with Gasteiger partial charge in [-0.2, -0.15) is 0 Å². The molecular formula is C16H17N3S. The van der Waals surface area contributed by atoms with Gasteiger partial charge in [0.1, 0.15) is 0 Å². The highest BCUT2D eigenvalue weighted by molar-refractivity contribution is 7.09. The molecule has 0 radical (unpaired) electrons. The van der Waals surface area contributed by atoms with Crippen LogP contribution < -0.4 is 5.32 Å². The molecule has 3 nitrogen and oxygen atoms in total. The summed E-state index contributed by atoms with van der Waals surface area (Å²) in [4.78, 5) is 8.89. The van der Waals surface area contributed by atoms with Gasteiger partial charge in [0.05, 0.1) is 16.2 Å². The van der Waals surface area contributed by atoms with E-state index in [9.17, 15) is 0 Å². The van der Waals surface area contributed by atoms with Crippen LogP contribution in [0.1, 0.15) is 16.3 Å². The maximum absolute atomic E-state index is 4.48. The number of hydrogen-bond donors (Lipinski definition) is 1. The van der Waals surface area contributed by atoms with Gasteiger partial charge in [0.15, 0.2) is 0 Å². The van der Waals surface area contributed by atoms with Crippen molar-refractivity contribution in [2.75, 3.05) is 11.9 Å². The lowest BCUT2D eigenvalue weighted by Crippen LogP contribution is -2.05. The number of nitrogens with one attached hydrogen (secondary N) is 1. The molecule has 0 aliphatic carbocycles. The van der Waals surface area contributed by atoms with Crippen LogP contribution in [-0.2, 0) is 6.42 Å². The molecule has 0 atom stereocenters. The fourth-order valence-corrected chi connectivity index (χ4v) is 2.91. The Balaban J connectivity index is 1.75. The maximum Gasteiger partial charge on any atom is 0.0897 e. The Morgan fingerprint density at radius 1 is 1.20 bits per heavy atom. The monoisotopic (exact) mass is 283 g/mol. The number of benzene rings is 1. The Morgan fingerprint density at radius 2 is 2.10 bits per heavy atom. The van der Waals surface area contributed by atoms with Gasteiger partial charge in [0, 0.05) is 35.6 Å². The number of aryl methyl sites for hydroxylation is 2. The molecule has 1 N–H and O–H groups in total. The molecule has 4 heteroatoms. The van der Waals surface area contributed by atoms with Crippen molar-refractivity contribution in [2.45, 2.75) is 20.3 Å². The SMILES string of the molecule is Cc1ccc2nccc(NCCc3csc(C)n3)c2c1. The minimum atomic E-state index is 0.885. The average molecular weight is 283 g/mol. The van der Waals surface area contributed by atoms with E-state index in [1.54, 1.807) is 11.3 Å². The van der Waals surface area contributed by atoms with Gasteiger partial charge in [-0.05, 0) is 32.0 Å². The summed E-state index contributed by atoms with van der Waals surface area (Å²) in [6.07, 6.45) is 2.80. The number of aromatic nitrogens is 2. The second-order valence-electron chi connectivity index (χ2n) is 4.91. The molecule has 0 unspecified atom stereocenters. The van der Waals surface area contributed by atoms with Crippen LogP contribution >= 0.6 is 11.3 Å². The third-order valence-corrected chi connectivity index (χ3v) is 4.08. The molecular weight excluding hydrogens is 266 g/mol. The predicted octanol–water partition coefficient (Wildman–Crippen LogP) is 3.96. The van der Waals surface area contributed by atoms with Crippen LogP contribution in [0.5, 0.6) is 0 Å². The fraction of sp³-hybridized carbons (Fsp3) is 0.250. The van der Waals surface area contributed by atoms with E-state index in [0.717, 1.165) is 34.9 Å². The van der Waals surface area contributed by atoms with Crippen LogP contribution in [0, 0.1) is 13.8 Å². The lowest BCUT2D eigenvalue weighted by atomic mass is 10.1. The highest BCUT2D eigenvalue weighted by atomic mass is 32.1. The van der Waals surface area contributed by atoms with Crippen molar-refractivity contribution in [3.8, 4) is 0 Å². The van der Waals surface area contributed by atoms with Gasteiger partial charge in [-0.1, -0.05) is 11.6 Å². The molecule has 3 rings (SSSR count). The molecule has 1 aromatic carbocycles. The molecule has 0 bridgehead atoms. The third kappa shape index (κ3) is 2.80. The highest BCUT2D eigenvalue weighted by Gasteiger charge is 2.03. The molecule has 102 valence electrons. The van der Waals surface area contributed by atoms with E-state index >= 15 is 0 Å². The van der Waals surface area contributed by atoms with Crippen molar-refractivity contribution >= 4 is 27.9 Å². The van der Waals surface area contributed by atoms with Gasteiger partial charge in [-0.25, -0.2) is 4.98 Å². The zero-order valence-electron chi connectivity index (χ0n) is 11.7. The largest absolute Gasteiger partial charge is 0.384 e. The molecule has 2 heterocycles. The van der Waals surface area contributed by atoms with Gasteiger partial charge >= 0.3 is 0 Å². The van der Waals surface area contributed by atoms with E-state index in [2.05, 4.69) is 45.8 Å². The van der Waals surface area contributed by atoms with Gasteiger partial charge in [0.2, 0.25) is 0 Å². The first kappa shape index (κ1) is 13.1. The average Bonchev–Trinajstić information content (AvgIpc) is 2.85. The first-order valence-electron chi connectivity index (χ1n) is 6.72. The summed E-state index contributed by atoms with van der Waals surface area (Å²) in [7, 11) is 0. The highest BCUT2D eigenvalue weighted by Crippen LogP contribution is 2.22. The molecule has 0 aliphatic rings. The number of fused-ring (bicyclic) bond motifs is 1. The summed E-state index contributed by atoms with van der Waals surface area (Å²) in [5.41, 5.74) is 4.59. The Hall–Kier alpha value is -1.94. The van der Waals surface area contributed by atoms with Crippen LogP contribution in [-0.4, -0.2) is 16.5 Å². The van der Waals surface area contributed by atoms with Gasteiger partial charge in [-0.3, -0.25) is 4.98 Å². The normalized spacial score (nSPS) is 10.9. The van der Waals surface area contributed by atoms with Gasteiger partial charge in [0.25, 0.3) is 0 Å². The minimum absolute atomic E-state index is 0.885. The van der Waals surface area contributed by atoms with Crippen LogP contribution in [0.3, 0.4) is 0 Å². The minimum Gasteiger partial charge on any atom is -0.384 e. The molecule has 0 saturated heterocycles. The number of nitrogens with zero attached hydrogens (tertiary/aromatic N) is 2. The van der Waals surface area contributed by atoms with Crippen molar-refractivity contribution in [3.63, 3.8) is 0 Å².